The van der Waals surface area contributed by atoms with E-state index in [1.54, 1.807) is 19.1 Å². The molecule has 6 heteroatoms. The van der Waals surface area contributed by atoms with Gasteiger partial charge < -0.3 is 19.8 Å². The summed E-state index contributed by atoms with van der Waals surface area (Å²) in [4.78, 5) is 24.9. The molecule has 2 rings (SSSR count). The van der Waals surface area contributed by atoms with E-state index < -0.39 is 23.8 Å². The summed E-state index contributed by atoms with van der Waals surface area (Å²) in [6.07, 6.45) is 0. The molecule has 2 N–H and O–H groups in total. The van der Waals surface area contributed by atoms with Gasteiger partial charge in [-0.2, -0.15) is 0 Å². The number of nitrogens with zero attached hydrogens (tertiary/aromatic N) is 1. The number of phenols is 1. The molecule has 1 aromatic rings. The Balaban J connectivity index is 2.24. The maximum absolute atomic E-state index is 12.4. The van der Waals surface area contributed by atoms with Crippen LogP contribution in [0.25, 0.3) is 0 Å². The highest BCUT2D eigenvalue weighted by Crippen LogP contribution is 2.26. The van der Waals surface area contributed by atoms with Crippen molar-refractivity contribution in [3.8, 4) is 5.75 Å². The van der Waals surface area contributed by atoms with Crippen molar-refractivity contribution in [2.45, 2.75) is 13.0 Å². The molecular formula is C14H17NO5. The largest absolute Gasteiger partial charge is 0.507 e. The van der Waals surface area contributed by atoms with Crippen LogP contribution in [0.15, 0.2) is 18.2 Å². The van der Waals surface area contributed by atoms with E-state index in [0.717, 1.165) is 0 Å². The van der Waals surface area contributed by atoms with Crippen molar-refractivity contribution >= 4 is 11.9 Å². The third-order valence-corrected chi connectivity index (χ3v) is 3.65. The fourth-order valence-corrected chi connectivity index (χ4v) is 2.33. The molecule has 1 aliphatic rings. The van der Waals surface area contributed by atoms with Crippen LogP contribution in [-0.4, -0.2) is 53.3 Å². The summed E-state index contributed by atoms with van der Waals surface area (Å²) < 4.78 is 5.15. The molecule has 0 radical (unpaired) electrons. The predicted molar refractivity (Wildman–Crippen MR) is 70.7 cm³/mol. The lowest BCUT2D eigenvalue weighted by molar-refractivity contribution is -0.142. The number of benzene rings is 1. The summed E-state index contributed by atoms with van der Waals surface area (Å²) in [5.41, 5.74) is 0.769. The zero-order chi connectivity index (χ0) is 14.9. The smallest absolute Gasteiger partial charge is 0.311 e. The van der Waals surface area contributed by atoms with Crippen molar-refractivity contribution < 1.29 is 24.5 Å². The number of hydrogen-bond donors (Lipinski definition) is 2. The van der Waals surface area contributed by atoms with Crippen LogP contribution in [-0.2, 0) is 9.53 Å². The zero-order valence-corrected chi connectivity index (χ0v) is 11.4. The molecule has 108 valence electrons. The van der Waals surface area contributed by atoms with Crippen LogP contribution >= 0.6 is 0 Å². The molecule has 0 aliphatic carbocycles. The van der Waals surface area contributed by atoms with Crippen LogP contribution in [0.3, 0.4) is 0 Å². The van der Waals surface area contributed by atoms with Crippen molar-refractivity contribution in [3.05, 3.63) is 29.3 Å². The minimum Gasteiger partial charge on any atom is -0.507 e. The molecule has 1 amide bonds. The maximum atomic E-state index is 12.4. The van der Waals surface area contributed by atoms with Crippen molar-refractivity contribution in [2.75, 3.05) is 20.3 Å². The van der Waals surface area contributed by atoms with Gasteiger partial charge in [-0.3, -0.25) is 9.59 Å². The fourth-order valence-electron chi connectivity index (χ4n) is 2.33. The van der Waals surface area contributed by atoms with Gasteiger partial charge in [0.05, 0.1) is 24.8 Å². The van der Waals surface area contributed by atoms with E-state index in [-0.39, 0.29) is 24.5 Å². The first kappa shape index (κ1) is 14.3. The molecule has 0 saturated carbocycles. The molecule has 1 heterocycles. The standard InChI is InChI=1S/C14H17NO5/c1-8-4-3-5-9(12(8)16)13(17)15(2)11-7-20-6-10(11)14(18)19/h3-5,10-11,16H,6-7H2,1-2H3,(H,18,19). The fraction of sp³-hybridized carbons (Fsp3) is 0.429. The van der Waals surface area contributed by atoms with E-state index in [0.29, 0.717) is 5.56 Å². The Hall–Kier alpha value is -2.08. The van der Waals surface area contributed by atoms with Gasteiger partial charge in [-0.25, -0.2) is 0 Å². The van der Waals surface area contributed by atoms with Gasteiger partial charge in [0.15, 0.2) is 0 Å². The Morgan fingerprint density at radius 1 is 1.35 bits per heavy atom. The lowest BCUT2D eigenvalue weighted by Crippen LogP contribution is -2.44. The van der Waals surface area contributed by atoms with Gasteiger partial charge in [0, 0.05) is 7.05 Å². The van der Waals surface area contributed by atoms with E-state index in [1.165, 1.54) is 18.0 Å². The number of aromatic hydroxyl groups is 1. The third-order valence-electron chi connectivity index (χ3n) is 3.65. The molecule has 1 saturated heterocycles. The van der Waals surface area contributed by atoms with Gasteiger partial charge in [0.2, 0.25) is 0 Å². The zero-order valence-electron chi connectivity index (χ0n) is 11.4. The molecule has 1 aliphatic heterocycles. The molecular weight excluding hydrogens is 262 g/mol. The summed E-state index contributed by atoms with van der Waals surface area (Å²) in [6, 6.07) is 4.37. The molecule has 0 bridgehead atoms. The van der Waals surface area contributed by atoms with E-state index in [4.69, 9.17) is 9.84 Å². The van der Waals surface area contributed by atoms with Gasteiger partial charge in [-0.15, -0.1) is 0 Å². The minimum absolute atomic E-state index is 0.0739. The van der Waals surface area contributed by atoms with Crippen LogP contribution in [0.1, 0.15) is 15.9 Å². The Bertz CT molecular complexity index is 542. The second kappa shape index (κ2) is 5.50. The minimum atomic E-state index is -0.986. The van der Waals surface area contributed by atoms with E-state index in [2.05, 4.69) is 0 Å². The first-order chi connectivity index (χ1) is 9.43. The average Bonchev–Trinajstić information content (AvgIpc) is 2.89. The van der Waals surface area contributed by atoms with Gasteiger partial charge in [0.25, 0.3) is 5.91 Å². The number of carboxylic acids is 1. The molecule has 0 aromatic heterocycles. The van der Waals surface area contributed by atoms with E-state index >= 15 is 0 Å². The highest BCUT2D eigenvalue weighted by Gasteiger charge is 2.39. The van der Waals surface area contributed by atoms with Crippen LogP contribution < -0.4 is 0 Å². The Kier molecular flexibility index (Phi) is 3.94. The monoisotopic (exact) mass is 279 g/mol. The SMILES string of the molecule is Cc1cccc(C(=O)N(C)C2COCC2C(=O)O)c1O. The predicted octanol–water partition coefficient (Wildman–Crippen LogP) is 0.872. The number of likely N-dealkylation sites (N-methyl/N-ethyl adjacent to an activating group) is 1. The summed E-state index contributed by atoms with van der Waals surface area (Å²) in [6.45, 7) is 1.98. The topological polar surface area (TPSA) is 87.1 Å². The molecule has 6 nitrogen and oxygen atoms in total. The Morgan fingerprint density at radius 2 is 2.05 bits per heavy atom. The lowest BCUT2D eigenvalue weighted by atomic mass is 10.0. The number of phenolic OH excluding ortho intramolecular Hbond substituents is 1. The molecule has 1 aromatic carbocycles. The number of hydrogen-bond acceptors (Lipinski definition) is 4. The quantitative estimate of drug-likeness (QED) is 0.857. The number of ether oxygens (including phenoxy) is 1. The highest BCUT2D eigenvalue weighted by molar-refractivity contribution is 5.97. The van der Waals surface area contributed by atoms with E-state index in [1.807, 2.05) is 0 Å². The number of carbonyl (C=O) groups excluding carboxylic acids is 1. The lowest BCUT2D eigenvalue weighted by Gasteiger charge is -2.26. The van der Waals surface area contributed by atoms with Crippen molar-refractivity contribution in [2.24, 2.45) is 5.92 Å². The Morgan fingerprint density at radius 3 is 2.70 bits per heavy atom. The van der Waals surface area contributed by atoms with Crippen LogP contribution in [0.2, 0.25) is 0 Å². The normalized spacial score (nSPS) is 21.7. The number of aliphatic carboxylic acids is 1. The van der Waals surface area contributed by atoms with Crippen LogP contribution in [0, 0.1) is 12.8 Å². The molecule has 2 atom stereocenters. The second-order valence-corrected chi connectivity index (χ2v) is 4.94. The molecule has 0 spiro atoms. The first-order valence-corrected chi connectivity index (χ1v) is 6.29. The van der Waals surface area contributed by atoms with Gasteiger partial charge in [-0.1, -0.05) is 12.1 Å². The molecule has 1 fully saturated rings. The van der Waals surface area contributed by atoms with Crippen LogP contribution in [0.4, 0.5) is 0 Å². The number of amides is 1. The van der Waals surface area contributed by atoms with Crippen molar-refractivity contribution in [1.29, 1.82) is 0 Å². The van der Waals surface area contributed by atoms with Gasteiger partial charge in [0.1, 0.15) is 11.7 Å². The first-order valence-electron chi connectivity index (χ1n) is 6.29. The number of carbonyl (C=O) groups is 2. The van der Waals surface area contributed by atoms with Gasteiger partial charge >= 0.3 is 5.97 Å². The second-order valence-electron chi connectivity index (χ2n) is 4.94. The van der Waals surface area contributed by atoms with Crippen LogP contribution in [0.5, 0.6) is 5.75 Å². The Labute approximate surface area is 116 Å². The number of para-hydroxylation sites is 1. The van der Waals surface area contributed by atoms with E-state index in [9.17, 15) is 14.7 Å². The summed E-state index contributed by atoms with van der Waals surface area (Å²) in [5, 5.41) is 19.1. The number of rotatable bonds is 3. The summed E-state index contributed by atoms with van der Waals surface area (Å²) in [7, 11) is 1.53. The van der Waals surface area contributed by atoms with Crippen molar-refractivity contribution in [3.63, 3.8) is 0 Å². The highest BCUT2D eigenvalue weighted by atomic mass is 16.5. The maximum Gasteiger partial charge on any atom is 0.311 e. The molecule has 20 heavy (non-hydrogen) atoms. The summed E-state index contributed by atoms with van der Waals surface area (Å²) >= 11 is 0. The number of aryl methyl sites for hydroxylation is 1. The molecule has 2 unspecified atom stereocenters. The third kappa shape index (κ3) is 2.46. The average molecular weight is 279 g/mol. The summed E-state index contributed by atoms with van der Waals surface area (Å²) in [5.74, 6) is -2.21. The number of carboxylic acid groups (broad SMARTS) is 1. The van der Waals surface area contributed by atoms with Gasteiger partial charge in [-0.05, 0) is 18.6 Å². The van der Waals surface area contributed by atoms with Crippen molar-refractivity contribution in [1.82, 2.24) is 4.90 Å².